The van der Waals surface area contributed by atoms with Gasteiger partial charge < -0.3 is 30.3 Å². The molecular weight excluding hydrogens is 486 g/mol. The molecule has 4 rings (SSSR count). The first-order valence-corrected chi connectivity index (χ1v) is 11.2. The molecule has 3 amide bonds. The summed E-state index contributed by atoms with van der Waals surface area (Å²) < 4.78 is 7.14. The summed E-state index contributed by atoms with van der Waals surface area (Å²) in [4.78, 5) is 32.9. The summed E-state index contributed by atoms with van der Waals surface area (Å²) in [5, 5.41) is 44.5. The number of methoxy groups -OCH3 is 1. The van der Waals surface area contributed by atoms with E-state index in [4.69, 9.17) is 4.74 Å². The van der Waals surface area contributed by atoms with Gasteiger partial charge in [0, 0.05) is 32.2 Å². The van der Waals surface area contributed by atoms with Gasteiger partial charge in [0.1, 0.15) is 6.33 Å². The summed E-state index contributed by atoms with van der Waals surface area (Å²) in [5.74, 6) is -0.233. The van der Waals surface area contributed by atoms with Gasteiger partial charge in [-0.05, 0) is 26.0 Å². The Morgan fingerprint density at radius 3 is 2.51 bits per heavy atom. The summed E-state index contributed by atoms with van der Waals surface area (Å²) in [6, 6.07) is 6.27. The molecule has 0 saturated carbocycles. The van der Waals surface area contributed by atoms with Crippen molar-refractivity contribution in [3.8, 4) is 17.1 Å². The van der Waals surface area contributed by atoms with E-state index >= 15 is 0 Å². The van der Waals surface area contributed by atoms with Crippen LogP contribution in [0.4, 0.5) is 22.0 Å². The maximum absolute atomic E-state index is 12.9. The molecule has 196 valence electrons. The Hall–Kier alpha value is -4.34. The lowest BCUT2D eigenvalue weighted by molar-refractivity contribution is -0.323. The van der Waals surface area contributed by atoms with Gasteiger partial charge in [0.25, 0.3) is 5.91 Å². The second-order valence-corrected chi connectivity index (χ2v) is 8.53. The molecule has 1 aromatic carbocycles. The van der Waals surface area contributed by atoms with Gasteiger partial charge in [-0.15, -0.1) is 10.2 Å². The third-order valence-corrected chi connectivity index (χ3v) is 5.55. The molecule has 5 N–H and O–H groups in total. The van der Waals surface area contributed by atoms with E-state index in [0.29, 0.717) is 35.9 Å². The van der Waals surface area contributed by atoms with Crippen molar-refractivity contribution in [1.82, 2.24) is 35.2 Å². The minimum Gasteiger partial charge on any atom is -0.494 e. The van der Waals surface area contributed by atoms with Crippen LogP contribution in [0.3, 0.4) is 0 Å². The van der Waals surface area contributed by atoms with Crippen LogP contribution in [0, 0.1) is 0 Å². The average Bonchev–Trinajstić information content (AvgIpc) is 3.43. The van der Waals surface area contributed by atoms with Crippen LogP contribution in [-0.4, -0.2) is 89.5 Å². The predicted molar refractivity (Wildman–Crippen MR) is 130 cm³/mol. The van der Waals surface area contributed by atoms with Crippen LogP contribution in [0.5, 0.6) is 5.75 Å². The van der Waals surface area contributed by atoms with Gasteiger partial charge in [-0.1, -0.05) is 6.07 Å². The smallest absolute Gasteiger partial charge is 0.369 e. The van der Waals surface area contributed by atoms with Crippen molar-refractivity contribution in [3.63, 3.8) is 0 Å². The summed E-state index contributed by atoms with van der Waals surface area (Å²) in [6.07, 6.45) is -1.95. The topological polar surface area (TPSA) is 191 Å². The normalized spacial score (nSPS) is 13.9. The van der Waals surface area contributed by atoms with Crippen LogP contribution in [0.15, 0.2) is 30.6 Å². The number of hydrogen-bond acceptors (Lipinski definition) is 11. The lowest BCUT2D eigenvalue weighted by Crippen LogP contribution is -2.48. The Labute approximate surface area is 211 Å². The molecule has 3 aromatic rings. The number of hydrogen-bond donors (Lipinski definition) is 5. The fourth-order valence-corrected chi connectivity index (χ4v) is 3.87. The van der Waals surface area contributed by atoms with E-state index in [1.54, 1.807) is 35.5 Å². The standard InChI is InChI=1S/C22H27N9O6/c1-12(2)30-8-9-31(21(30)33)16-10-15(17(27-26-16)20(32)25-22(34,35)36)24-14-7-5-6-13(18(14)37-4)19-23-11-29(3)28-19/h5-7,10-12,34-36H,8-9H2,1-4H3,(H,24,26)(H,25,32). The first-order valence-electron chi connectivity index (χ1n) is 11.2. The Balaban J connectivity index is 1.77. The number of carbonyl (C=O) groups excluding carboxylic acids is 2. The van der Waals surface area contributed by atoms with E-state index in [1.165, 1.54) is 29.1 Å². The van der Waals surface area contributed by atoms with E-state index in [1.807, 2.05) is 13.8 Å². The number of carbonyl (C=O) groups is 2. The van der Waals surface area contributed by atoms with Crippen LogP contribution in [0.1, 0.15) is 24.3 Å². The molecule has 37 heavy (non-hydrogen) atoms. The molecule has 0 unspecified atom stereocenters. The molecule has 3 heterocycles. The second kappa shape index (κ2) is 9.96. The number of benzene rings is 1. The second-order valence-electron chi connectivity index (χ2n) is 8.53. The third-order valence-electron chi connectivity index (χ3n) is 5.55. The van der Waals surface area contributed by atoms with Crippen LogP contribution in [-0.2, 0) is 7.05 Å². The Kier molecular flexibility index (Phi) is 6.93. The number of amides is 3. The highest BCUT2D eigenvalue weighted by atomic mass is 16.7. The number of nitrogens with zero attached hydrogens (tertiary/aromatic N) is 7. The monoisotopic (exact) mass is 513 g/mol. The summed E-state index contributed by atoms with van der Waals surface area (Å²) in [7, 11) is 3.18. The third kappa shape index (κ3) is 5.42. The molecule has 1 aliphatic heterocycles. The zero-order valence-electron chi connectivity index (χ0n) is 20.6. The number of aryl methyl sites for hydroxylation is 1. The number of anilines is 3. The fourth-order valence-electron chi connectivity index (χ4n) is 3.87. The molecule has 0 bridgehead atoms. The van der Waals surface area contributed by atoms with Gasteiger partial charge in [-0.3, -0.25) is 19.7 Å². The first kappa shape index (κ1) is 25.7. The Morgan fingerprint density at radius 1 is 1.16 bits per heavy atom. The molecule has 15 heteroatoms. The Bertz CT molecular complexity index is 1320. The summed E-state index contributed by atoms with van der Waals surface area (Å²) >= 11 is 0. The molecule has 1 fully saturated rings. The molecular formula is C22H27N9O6. The van der Waals surface area contributed by atoms with Gasteiger partial charge >= 0.3 is 12.1 Å². The van der Waals surface area contributed by atoms with Gasteiger partial charge in [-0.25, -0.2) is 9.78 Å². The fraction of sp³-hybridized carbons (Fsp3) is 0.364. The number of aromatic nitrogens is 5. The minimum atomic E-state index is -3.49. The van der Waals surface area contributed by atoms with Gasteiger partial charge in [0.15, 0.2) is 23.1 Å². The average molecular weight is 514 g/mol. The molecule has 0 spiro atoms. The van der Waals surface area contributed by atoms with E-state index in [2.05, 4.69) is 25.6 Å². The molecule has 0 aliphatic carbocycles. The van der Waals surface area contributed by atoms with Crippen LogP contribution in [0.25, 0.3) is 11.4 Å². The van der Waals surface area contributed by atoms with E-state index in [-0.39, 0.29) is 29.3 Å². The molecule has 0 atom stereocenters. The zero-order chi connectivity index (χ0) is 26.9. The minimum absolute atomic E-state index is 0.0212. The highest BCUT2D eigenvalue weighted by Gasteiger charge is 2.33. The number of aliphatic hydroxyl groups is 3. The van der Waals surface area contributed by atoms with Crippen molar-refractivity contribution in [2.75, 3.05) is 30.4 Å². The van der Waals surface area contributed by atoms with Gasteiger partial charge in [0.2, 0.25) is 0 Å². The van der Waals surface area contributed by atoms with Gasteiger partial charge in [-0.2, -0.15) is 5.10 Å². The van der Waals surface area contributed by atoms with E-state index < -0.39 is 12.0 Å². The maximum Gasteiger partial charge on any atom is 0.369 e. The number of rotatable bonds is 8. The summed E-state index contributed by atoms with van der Waals surface area (Å²) in [6.45, 7) is 4.63. The van der Waals surface area contributed by atoms with E-state index in [9.17, 15) is 24.9 Å². The highest BCUT2D eigenvalue weighted by molar-refractivity contribution is 6.00. The number of nitrogens with one attached hydrogen (secondary N) is 2. The van der Waals surface area contributed by atoms with Crippen LogP contribution in [0.2, 0.25) is 0 Å². The largest absolute Gasteiger partial charge is 0.494 e. The van der Waals surface area contributed by atoms with Gasteiger partial charge in [0.05, 0.1) is 24.0 Å². The first-order chi connectivity index (χ1) is 17.5. The molecule has 2 aromatic heterocycles. The lowest BCUT2D eigenvalue weighted by Gasteiger charge is -2.22. The predicted octanol–water partition coefficient (Wildman–Crippen LogP) is -0.00730. The van der Waals surface area contributed by atoms with Crippen LogP contribution < -0.4 is 20.3 Å². The van der Waals surface area contributed by atoms with Crippen molar-refractivity contribution in [3.05, 3.63) is 36.3 Å². The van der Waals surface area contributed by atoms with E-state index in [0.717, 1.165) is 0 Å². The zero-order valence-corrected chi connectivity index (χ0v) is 20.6. The molecule has 15 nitrogen and oxygen atoms in total. The summed E-state index contributed by atoms with van der Waals surface area (Å²) in [5.41, 5.74) is 0.608. The SMILES string of the molecule is COc1c(Nc2cc(N3CCN(C(C)C)C3=O)nnc2C(=O)NC(O)(O)O)cccc1-c1ncn(C)n1. The number of para-hydroxylation sites is 1. The highest BCUT2D eigenvalue weighted by Crippen LogP contribution is 2.37. The Morgan fingerprint density at radius 2 is 1.92 bits per heavy atom. The molecule has 1 aliphatic rings. The number of ether oxygens (including phenoxy) is 1. The van der Waals surface area contributed by atoms with Crippen molar-refractivity contribution in [1.29, 1.82) is 0 Å². The van der Waals surface area contributed by atoms with Crippen molar-refractivity contribution < 1.29 is 29.6 Å². The quantitative estimate of drug-likeness (QED) is 0.255. The van der Waals surface area contributed by atoms with Crippen molar-refractivity contribution >= 4 is 29.1 Å². The van der Waals surface area contributed by atoms with Crippen molar-refractivity contribution in [2.24, 2.45) is 7.05 Å². The number of urea groups is 1. The van der Waals surface area contributed by atoms with Crippen molar-refractivity contribution in [2.45, 2.75) is 26.0 Å². The van der Waals surface area contributed by atoms with Crippen LogP contribution >= 0.6 is 0 Å². The molecule has 0 radical (unpaired) electrons. The lowest BCUT2D eigenvalue weighted by atomic mass is 10.1. The maximum atomic E-state index is 12.9. The molecule has 1 saturated heterocycles.